The van der Waals surface area contributed by atoms with Gasteiger partial charge in [0.25, 0.3) is 0 Å². The monoisotopic (exact) mass is 591 g/mol. The average Bonchev–Trinajstić information content (AvgIpc) is 3.75. The molecule has 43 heavy (non-hydrogen) atoms. The van der Waals surface area contributed by atoms with Crippen molar-refractivity contribution in [2.75, 3.05) is 49.5 Å². The van der Waals surface area contributed by atoms with Crippen LogP contribution in [0, 0.1) is 11.8 Å². The number of anilines is 3. The highest BCUT2D eigenvalue weighted by atomic mass is 19.4. The van der Waals surface area contributed by atoms with Crippen molar-refractivity contribution in [3.63, 3.8) is 0 Å². The summed E-state index contributed by atoms with van der Waals surface area (Å²) in [5, 5.41) is 3.27. The Bertz CT molecular complexity index is 1640. The first kappa shape index (κ1) is 27.6. The van der Waals surface area contributed by atoms with Crippen LogP contribution < -0.4 is 10.2 Å². The van der Waals surface area contributed by atoms with E-state index < -0.39 is 12.1 Å². The zero-order valence-electron chi connectivity index (χ0n) is 23.7. The Hall–Kier alpha value is -4.26. The van der Waals surface area contributed by atoms with E-state index in [1.165, 1.54) is 6.33 Å². The van der Waals surface area contributed by atoms with Crippen molar-refractivity contribution >= 4 is 34.5 Å². The maximum atomic E-state index is 12.9. The summed E-state index contributed by atoms with van der Waals surface area (Å²) < 4.78 is 38.8. The summed E-state index contributed by atoms with van der Waals surface area (Å²) in [6.07, 6.45) is 1.04. The van der Waals surface area contributed by atoms with Gasteiger partial charge in [0.05, 0.1) is 22.6 Å². The van der Waals surface area contributed by atoms with Gasteiger partial charge in [0.15, 0.2) is 0 Å². The molecule has 5 heterocycles. The van der Waals surface area contributed by atoms with Gasteiger partial charge < -0.3 is 20.1 Å². The maximum absolute atomic E-state index is 12.9. The van der Waals surface area contributed by atoms with E-state index >= 15 is 0 Å². The number of H-pyrrole nitrogens is 1. The number of hydrogen-bond donors (Lipinski definition) is 2. The second-order valence-electron chi connectivity index (χ2n) is 11.6. The van der Waals surface area contributed by atoms with Gasteiger partial charge in [0.1, 0.15) is 18.0 Å². The number of halogens is 3. The Kier molecular flexibility index (Phi) is 6.91. The number of carbonyl (C=O) groups is 1. The van der Waals surface area contributed by atoms with E-state index in [9.17, 15) is 18.0 Å². The van der Waals surface area contributed by atoms with Gasteiger partial charge in [-0.1, -0.05) is 6.07 Å². The van der Waals surface area contributed by atoms with Gasteiger partial charge in [0.2, 0.25) is 11.9 Å². The normalized spacial score (nSPS) is 19.0. The Morgan fingerprint density at radius 3 is 2.56 bits per heavy atom. The molecule has 1 atom stereocenters. The van der Waals surface area contributed by atoms with Crippen LogP contribution in [-0.4, -0.2) is 86.1 Å². The van der Waals surface area contributed by atoms with Gasteiger partial charge in [-0.25, -0.2) is 19.9 Å². The summed E-state index contributed by atoms with van der Waals surface area (Å²) in [5.41, 5.74) is 4.07. The number of nitrogens with zero attached hydrogens (tertiary/aromatic N) is 7. The van der Waals surface area contributed by atoms with E-state index in [4.69, 9.17) is 0 Å². The minimum atomic E-state index is -4.19. The predicted octanol–water partition coefficient (Wildman–Crippen LogP) is 4.77. The molecule has 0 radical (unpaired) electrons. The molecule has 1 amide bonds. The molecule has 1 unspecified atom stereocenters. The number of carbonyl (C=O) groups excluding carboxylic acids is 1. The first-order chi connectivity index (χ1) is 20.7. The summed E-state index contributed by atoms with van der Waals surface area (Å²) in [7, 11) is 0. The van der Waals surface area contributed by atoms with Crippen molar-refractivity contribution < 1.29 is 18.0 Å². The molecule has 3 fully saturated rings. The molecule has 7 rings (SSSR count). The number of alkyl halides is 3. The van der Waals surface area contributed by atoms with Gasteiger partial charge in [0, 0.05) is 69.1 Å². The Balaban J connectivity index is 1.01. The summed E-state index contributed by atoms with van der Waals surface area (Å²) in [6, 6.07) is 11.6. The third-order valence-corrected chi connectivity index (χ3v) is 8.71. The smallest absolute Gasteiger partial charge is 0.355 e. The lowest BCUT2D eigenvalue weighted by molar-refractivity contribution is -0.180. The number of imidazole rings is 1. The number of amides is 1. The number of nitrogens with one attached hydrogen (secondary N) is 2. The molecule has 13 heteroatoms. The minimum absolute atomic E-state index is 0.0966. The number of rotatable bonds is 7. The molecule has 0 bridgehead atoms. The minimum Gasteiger partial charge on any atom is -0.355 e. The zero-order valence-corrected chi connectivity index (χ0v) is 23.7. The van der Waals surface area contributed by atoms with Gasteiger partial charge in [-0.3, -0.25) is 9.69 Å². The Morgan fingerprint density at radius 1 is 1.02 bits per heavy atom. The average molecular weight is 592 g/mol. The van der Waals surface area contributed by atoms with Crippen LogP contribution in [0.1, 0.15) is 31.4 Å². The van der Waals surface area contributed by atoms with Crippen molar-refractivity contribution in [2.45, 2.75) is 32.0 Å². The van der Waals surface area contributed by atoms with E-state index in [1.54, 1.807) is 17.2 Å². The molecule has 1 aliphatic carbocycles. The highest BCUT2D eigenvalue weighted by Gasteiger charge is 2.47. The molecular formula is C30H32F3N9O. The molecular weight excluding hydrogens is 559 g/mol. The SMILES string of the molecule is CC(c1ccnc(Nc2nc3ccc(-c4cc(N5CC(C(F)(F)F)C5)ncn4)cc3[nH]2)c1)N1CCN(C(=O)C2CC2)CC1. The third kappa shape index (κ3) is 5.73. The number of hydrogen-bond acceptors (Lipinski definition) is 8. The van der Waals surface area contributed by atoms with E-state index in [-0.39, 0.29) is 25.0 Å². The van der Waals surface area contributed by atoms with Crippen LogP contribution in [-0.2, 0) is 4.79 Å². The zero-order chi connectivity index (χ0) is 29.7. The third-order valence-electron chi connectivity index (χ3n) is 8.71. The fourth-order valence-corrected chi connectivity index (χ4v) is 5.80. The van der Waals surface area contributed by atoms with Crippen LogP contribution >= 0.6 is 0 Å². The van der Waals surface area contributed by atoms with Gasteiger partial charge in [-0.2, -0.15) is 13.2 Å². The molecule has 0 spiro atoms. The predicted molar refractivity (Wildman–Crippen MR) is 156 cm³/mol. The summed E-state index contributed by atoms with van der Waals surface area (Å²) >= 11 is 0. The molecule has 2 saturated heterocycles. The number of piperazine rings is 1. The van der Waals surface area contributed by atoms with Crippen molar-refractivity contribution in [2.24, 2.45) is 11.8 Å². The molecule has 2 N–H and O–H groups in total. The van der Waals surface area contributed by atoms with Crippen LogP contribution in [0.4, 0.5) is 30.8 Å². The number of pyridine rings is 1. The lowest BCUT2D eigenvalue weighted by Gasteiger charge is -2.40. The largest absolute Gasteiger partial charge is 0.395 e. The van der Waals surface area contributed by atoms with Crippen LogP contribution in [0.5, 0.6) is 0 Å². The molecule has 3 aliphatic rings. The van der Waals surface area contributed by atoms with E-state index in [2.05, 4.69) is 42.1 Å². The lowest BCUT2D eigenvalue weighted by atomic mass is 9.99. The van der Waals surface area contributed by atoms with Gasteiger partial charge in [-0.05, 0) is 49.6 Å². The fourth-order valence-electron chi connectivity index (χ4n) is 5.80. The molecule has 1 aromatic carbocycles. The number of aromatic amines is 1. The van der Waals surface area contributed by atoms with Crippen molar-refractivity contribution in [1.82, 2.24) is 34.7 Å². The molecule has 224 valence electrons. The van der Waals surface area contributed by atoms with E-state index in [1.807, 2.05) is 35.2 Å². The molecule has 10 nitrogen and oxygen atoms in total. The van der Waals surface area contributed by atoms with E-state index in [0.717, 1.165) is 61.2 Å². The van der Waals surface area contributed by atoms with Crippen LogP contribution in [0.15, 0.2) is 48.9 Å². The summed E-state index contributed by atoms with van der Waals surface area (Å²) in [4.78, 5) is 39.4. The summed E-state index contributed by atoms with van der Waals surface area (Å²) in [6.45, 7) is 5.21. The number of fused-ring (bicyclic) bond motifs is 1. The van der Waals surface area contributed by atoms with Crippen molar-refractivity contribution in [1.29, 1.82) is 0 Å². The molecule has 4 aromatic rings. The fraction of sp³-hybridized carbons (Fsp3) is 0.433. The quantitative estimate of drug-likeness (QED) is 0.317. The lowest BCUT2D eigenvalue weighted by Crippen LogP contribution is -2.53. The topological polar surface area (TPSA) is 106 Å². The molecule has 1 saturated carbocycles. The standard InChI is InChI=1S/C30H32F3N9O/c1-18(40-8-10-41(11-9-40)28(43)19-2-3-19)20-6-7-34-26(13-20)39-29-37-23-5-4-21(12-25(23)38-29)24-14-27(36-17-35-24)42-15-22(16-42)30(31,32)33/h4-7,12-14,17-19,22H,2-3,8-11,15-16H2,1H3,(H2,34,37,38,39). The van der Waals surface area contributed by atoms with Crippen molar-refractivity contribution in [3.05, 3.63) is 54.5 Å². The Morgan fingerprint density at radius 2 is 1.81 bits per heavy atom. The first-order valence-electron chi connectivity index (χ1n) is 14.6. The van der Waals surface area contributed by atoms with Gasteiger partial charge in [-0.15, -0.1) is 0 Å². The van der Waals surface area contributed by atoms with Crippen molar-refractivity contribution in [3.8, 4) is 11.3 Å². The highest BCUT2D eigenvalue weighted by molar-refractivity contribution is 5.83. The second kappa shape index (κ2) is 10.8. The summed E-state index contributed by atoms with van der Waals surface area (Å²) in [5.74, 6) is 0.937. The number of benzene rings is 1. The van der Waals surface area contributed by atoms with Crippen LogP contribution in [0.25, 0.3) is 22.3 Å². The Labute approximate surface area is 246 Å². The molecule has 2 aliphatic heterocycles. The second-order valence-corrected chi connectivity index (χ2v) is 11.6. The van der Waals surface area contributed by atoms with E-state index in [0.29, 0.717) is 29.2 Å². The first-order valence-corrected chi connectivity index (χ1v) is 14.6. The number of aromatic nitrogens is 5. The molecule has 3 aromatic heterocycles. The maximum Gasteiger partial charge on any atom is 0.395 e. The van der Waals surface area contributed by atoms with Crippen LogP contribution in [0.3, 0.4) is 0 Å². The highest BCUT2D eigenvalue weighted by Crippen LogP contribution is 2.36. The van der Waals surface area contributed by atoms with Crippen LogP contribution in [0.2, 0.25) is 0 Å². The van der Waals surface area contributed by atoms with Gasteiger partial charge >= 0.3 is 6.18 Å².